The van der Waals surface area contributed by atoms with E-state index in [9.17, 15) is 18.4 Å². The lowest BCUT2D eigenvalue weighted by atomic mass is 9.95. The molecule has 9 heteroatoms. The van der Waals surface area contributed by atoms with Gasteiger partial charge >= 0.3 is 6.36 Å². The standard InChI is InChI=1S/C27H19F3N4O2/c1-34-17-33-15-25(34)24(21-5-2-18(13-31)3-6-21)16-35-26-11-4-19(14-32)12-23(26)20-7-9-22(10-8-20)36-27(28,29)30/h2-12,15,17,24H,16H2,1H3. The van der Waals surface area contributed by atoms with Crippen LogP contribution < -0.4 is 9.47 Å². The monoisotopic (exact) mass is 488 g/mol. The van der Waals surface area contributed by atoms with Crippen LogP contribution in [0.2, 0.25) is 0 Å². The summed E-state index contributed by atoms with van der Waals surface area (Å²) in [6.45, 7) is 0.208. The van der Waals surface area contributed by atoms with Gasteiger partial charge in [0.15, 0.2) is 0 Å². The molecule has 0 bridgehead atoms. The largest absolute Gasteiger partial charge is 0.573 e. The molecule has 0 aliphatic carbocycles. The molecule has 1 unspecified atom stereocenters. The summed E-state index contributed by atoms with van der Waals surface area (Å²) in [4.78, 5) is 4.21. The lowest BCUT2D eigenvalue weighted by Crippen LogP contribution is -2.17. The van der Waals surface area contributed by atoms with Gasteiger partial charge in [-0.2, -0.15) is 10.5 Å². The van der Waals surface area contributed by atoms with Crippen molar-refractivity contribution in [3.63, 3.8) is 0 Å². The number of aromatic nitrogens is 2. The highest BCUT2D eigenvalue weighted by Gasteiger charge is 2.31. The number of nitriles is 2. The summed E-state index contributed by atoms with van der Waals surface area (Å²) in [6, 6.07) is 21.6. The Balaban J connectivity index is 1.65. The van der Waals surface area contributed by atoms with Crippen LogP contribution in [-0.4, -0.2) is 22.5 Å². The summed E-state index contributed by atoms with van der Waals surface area (Å²) >= 11 is 0. The zero-order chi connectivity index (χ0) is 25.7. The first-order valence-electron chi connectivity index (χ1n) is 10.8. The molecule has 0 saturated heterocycles. The van der Waals surface area contributed by atoms with Crippen molar-refractivity contribution >= 4 is 0 Å². The quantitative estimate of drug-likeness (QED) is 0.322. The topological polar surface area (TPSA) is 83.9 Å². The van der Waals surface area contributed by atoms with Gasteiger partial charge in [0.2, 0.25) is 0 Å². The van der Waals surface area contributed by atoms with E-state index in [0.717, 1.165) is 11.3 Å². The Bertz CT molecular complexity index is 1430. The average molecular weight is 488 g/mol. The van der Waals surface area contributed by atoms with Crippen LogP contribution in [0.4, 0.5) is 13.2 Å². The van der Waals surface area contributed by atoms with Crippen molar-refractivity contribution in [3.05, 3.63) is 102 Å². The SMILES string of the molecule is Cn1cncc1C(COc1ccc(C#N)cc1-c1ccc(OC(F)(F)F)cc1)c1ccc(C#N)cc1. The minimum Gasteiger partial charge on any atom is -0.492 e. The maximum atomic E-state index is 12.5. The molecule has 6 nitrogen and oxygen atoms in total. The number of rotatable bonds is 7. The van der Waals surface area contributed by atoms with Gasteiger partial charge < -0.3 is 14.0 Å². The predicted octanol–water partition coefficient (Wildman–Crippen LogP) is 5.94. The summed E-state index contributed by atoms with van der Waals surface area (Å²) in [5.74, 6) is -0.113. The van der Waals surface area contributed by atoms with Gasteiger partial charge in [0, 0.05) is 24.5 Å². The molecule has 36 heavy (non-hydrogen) atoms. The first-order valence-corrected chi connectivity index (χ1v) is 10.8. The number of benzene rings is 3. The van der Waals surface area contributed by atoms with Gasteiger partial charge in [0.1, 0.15) is 18.1 Å². The van der Waals surface area contributed by atoms with E-state index in [1.165, 1.54) is 24.3 Å². The summed E-state index contributed by atoms with van der Waals surface area (Å²) in [7, 11) is 1.87. The van der Waals surface area contributed by atoms with E-state index >= 15 is 0 Å². The number of alkyl halides is 3. The van der Waals surface area contributed by atoms with Crippen LogP contribution in [0.5, 0.6) is 11.5 Å². The van der Waals surface area contributed by atoms with Crippen molar-refractivity contribution in [1.29, 1.82) is 10.5 Å². The smallest absolute Gasteiger partial charge is 0.492 e. The third kappa shape index (κ3) is 5.65. The molecule has 3 aromatic carbocycles. The average Bonchev–Trinajstić information content (AvgIpc) is 3.29. The van der Waals surface area contributed by atoms with Gasteiger partial charge in [-0.25, -0.2) is 4.98 Å². The Kier molecular flexibility index (Phi) is 6.93. The fraction of sp³-hybridized carbons (Fsp3) is 0.148. The minimum atomic E-state index is -4.79. The maximum Gasteiger partial charge on any atom is 0.573 e. The van der Waals surface area contributed by atoms with E-state index < -0.39 is 6.36 Å². The van der Waals surface area contributed by atoms with Crippen molar-refractivity contribution in [1.82, 2.24) is 9.55 Å². The van der Waals surface area contributed by atoms with Crippen molar-refractivity contribution in [2.75, 3.05) is 6.61 Å². The number of nitrogens with zero attached hydrogens (tertiary/aromatic N) is 4. The third-order valence-electron chi connectivity index (χ3n) is 5.57. The van der Waals surface area contributed by atoms with Gasteiger partial charge in [-0.05, 0) is 53.6 Å². The molecule has 4 aromatic rings. The molecule has 0 aliphatic heterocycles. The number of ether oxygens (including phenoxy) is 2. The number of hydrogen-bond acceptors (Lipinski definition) is 5. The minimum absolute atomic E-state index is 0.208. The zero-order valence-electron chi connectivity index (χ0n) is 19.0. The fourth-order valence-electron chi connectivity index (χ4n) is 3.81. The molecular weight excluding hydrogens is 469 g/mol. The second-order valence-corrected chi connectivity index (χ2v) is 7.92. The van der Waals surface area contributed by atoms with E-state index in [0.29, 0.717) is 28.0 Å². The first kappa shape index (κ1) is 24.4. The zero-order valence-corrected chi connectivity index (χ0v) is 19.0. The fourth-order valence-corrected chi connectivity index (χ4v) is 3.81. The number of aryl methyl sites for hydroxylation is 1. The van der Waals surface area contributed by atoms with Gasteiger partial charge in [0.25, 0.3) is 0 Å². The van der Waals surface area contributed by atoms with Gasteiger partial charge in [0.05, 0.1) is 35.5 Å². The Morgan fingerprint density at radius 2 is 1.61 bits per heavy atom. The molecule has 1 atom stereocenters. The summed E-state index contributed by atoms with van der Waals surface area (Å²) in [5.41, 5.74) is 3.84. The lowest BCUT2D eigenvalue weighted by Gasteiger charge is -2.20. The summed E-state index contributed by atoms with van der Waals surface area (Å²) < 4.78 is 49.7. The van der Waals surface area contributed by atoms with Gasteiger partial charge in [-0.3, -0.25) is 0 Å². The summed E-state index contributed by atoms with van der Waals surface area (Å²) in [6.07, 6.45) is -1.36. The van der Waals surface area contributed by atoms with Crippen molar-refractivity contribution in [3.8, 4) is 34.8 Å². The lowest BCUT2D eigenvalue weighted by molar-refractivity contribution is -0.274. The Morgan fingerprint density at radius 3 is 2.19 bits per heavy atom. The van der Waals surface area contributed by atoms with Crippen LogP contribution in [0.15, 0.2) is 79.3 Å². The maximum absolute atomic E-state index is 12.5. The molecule has 4 rings (SSSR count). The Morgan fingerprint density at radius 1 is 0.944 bits per heavy atom. The molecule has 0 radical (unpaired) electrons. The molecule has 1 heterocycles. The Labute approximate surface area is 205 Å². The molecule has 0 aliphatic rings. The highest BCUT2D eigenvalue weighted by atomic mass is 19.4. The molecular formula is C27H19F3N4O2. The van der Waals surface area contributed by atoms with E-state index in [4.69, 9.17) is 10.00 Å². The second kappa shape index (κ2) is 10.2. The van der Waals surface area contributed by atoms with Crippen LogP contribution in [0.25, 0.3) is 11.1 Å². The van der Waals surface area contributed by atoms with Crippen LogP contribution in [0.3, 0.4) is 0 Å². The second-order valence-electron chi connectivity index (χ2n) is 7.92. The first-order chi connectivity index (χ1) is 17.3. The molecule has 0 spiro atoms. The van der Waals surface area contributed by atoms with Crippen molar-refractivity contribution in [2.45, 2.75) is 12.3 Å². The van der Waals surface area contributed by atoms with Crippen LogP contribution in [0, 0.1) is 22.7 Å². The van der Waals surface area contributed by atoms with E-state index in [1.54, 1.807) is 42.9 Å². The molecule has 0 N–H and O–H groups in total. The molecule has 0 saturated carbocycles. The van der Waals surface area contributed by atoms with Crippen LogP contribution >= 0.6 is 0 Å². The molecule has 180 valence electrons. The molecule has 0 fully saturated rings. The third-order valence-corrected chi connectivity index (χ3v) is 5.57. The highest BCUT2D eigenvalue weighted by Crippen LogP contribution is 2.35. The van der Waals surface area contributed by atoms with Crippen molar-refractivity contribution in [2.24, 2.45) is 7.05 Å². The van der Waals surface area contributed by atoms with E-state index in [1.807, 2.05) is 23.7 Å². The van der Waals surface area contributed by atoms with Gasteiger partial charge in [-0.15, -0.1) is 13.2 Å². The van der Waals surface area contributed by atoms with Crippen molar-refractivity contribution < 1.29 is 22.6 Å². The Hall–Kier alpha value is -4.76. The highest BCUT2D eigenvalue weighted by molar-refractivity contribution is 5.72. The molecule has 1 aromatic heterocycles. The molecule has 0 amide bonds. The predicted molar refractivity (Wildman–Crippen MR) is 125 cm³/mol. The van der Waals surface area contributed by atoms with E-state index in [2.05, 4.69) is 21.9 Å². The number of halogens is 3. The number of imidazole rings is 1. The van der Waals surface area contributed by atoms with Crippen LogP contribution in [-0.2, 0) is 7.05 Å². The normalized spacial score (nSPS) is 11.8. The summed E-state index contributed by atoms with van der Waals surface area (Å²) in [5, 5.41) is 18.5. The van der Waals surface area contributed by atoms with E-state index in [-0.39, 0.29) is 18.3 Å². The van der Waals surface area contributed by atoms with Crippen LogP contribution in [0.1, 0.15) is 28.3 Å². The van der Waals surface area contributed by atoms with Gasteiger partial charge in [-0.1, -0.05) is 24.3 Å². The number of hydrogen-bond donors (Lipinski definition) is 0.